The van der Waals surface area contributed by atoms with Gasteiger partial charge in [-0.2, -0.15) is 5.21 Å². The molecule has 1 aliphatic carbocycles. The summed E-state index contributed by atoms with van der Waals surface area (Å²) in [6.45, 7) is 2.01. The summed E-state index contributed by atoms with van der Waals surface area (Å²) in [5.41, 5.74) is 4.80. The van der Waals surface area contributed by atoms with Crippen molar-refractivity contribution in [3.8, 4) is 11.4 Å². The molecule has 1 aliphatic rings. The molecule has 0 saturated heterocycles. The topological polar surface area (TPSA) is 67.3 Å². The Labute approximate surface area is 99.7 Å². The molecule has 0 fully saturated rings. The highest BCUT2D eigenvalue weighted by molar-refractivity contribution is 5.64. The molecular weight excluding hydrogens is 214 g/mol. The van der Waals surface area contributed by atoms with Gasteiger partial charge < -0.3 is 0 Å². The first kappa shape index (κ1) is 10.4. The first-order valence-corrected chi connectivity index (χ1v) is 6.07. The van der Waals surface area contributed by atoms with Gasteiger partial charge in [0.15, 0.2) is 0 Å². The number of pyridine rings is 1. The number of nitrogens with zero attached hydrogens (tertiary/aromatic N) is 4. The van der Waals surface area contributed by atoms with Crippen molar-refractivity contribution in [1.29, 1.82) is 0 Å². The number of H-pyrrole nitrogens is 1. The summed E-state index contributed by atoms with van der Waals surface area (Å²) in [6.07, 6.45) is 8.01. The Kier molecular flexibility index (Phi) is 2.59. The monoisotopic (exact) mass is 229 g/mol. The van der Waals surface area contributed by atoms with Crippen LogP contribution in [0.15, 0.2) is 6.20 Å². The van der Waals surface area contributed by atoms with Crippen molar-refractivity contribution >= 4 is 0 Å². The predicted molar refractivity (Wildman–Crippen MR) is 63.4 cm³/mol. The van der Waals surface area contributed by atoms with Crippen LogP contribution in [0.2, 0.25) is 0 Å². The van der Waals surface area contributed by atoms with Crippen molar-refractivity contribution in [2.24, 2.45) is 0 Å². The van der Waals surface area contributed by atoms with Gasteiger partial charge in [0, 0.05) is 17.5 Å². The lowest BCUT2D eigenvalue weighted by Gasteiger charge is -2.11. The fraction of sp³-hybridized carbons (Fsp3) is 0.500. The zero-order valence-electron chi connectivity index (χ0n) is 9.90. The second-order valence-corrected chi connectivity index (χ2v) is 4.52. The van der Waals surface area contributed by atoms with Gasteiger partial charge in [-0.3, -0.25) is 4.98 Å². The summed E-state index contributed by atoms with van der Waals surface area (Å²) < 4.78 is 0. The smallest absolute Gasteiger partial charge is 0.206 e. The predicted octanol–water partition coefficient (Wildman–Crippen LogP) is 1.84. The molecule has 0 amide bonds. The van der Waals surface area contributed by atoms with Gasteiger partial charge >= 0.3 is 0 Å². The molecule has 2 aromatic rings. The van der Waals surface area contributed by atoms with Crippen molar-refractivity contribution in [3.63, 3.8) is 0 Å². The van der Waals surface area contributed by atoms with Crippen LogP contribution in [0.4, 0.5) is 0 Å². The maximum atomic E-state index is 4.47. The van der Waals surface area contributed by atoms with Crippen LogP contribution >= 0.6 is 0 Å². The number of hydrogen-bond donors (Lipinski definition) is 1. The highest BCUT2D eigenvalue weighted by Gasteiger charge is 2.18. The van der Waals surface area contributed by atoms with Crippen LogP contribution in [-0.2, 0) is 12.8 Å². The van der Waals surface area contributed by atoms with Crippen molar-refractivity contribution in [3.05, 3.63) is 23.0 Å². The van der Waals surface area contributed by atoms with Gasteiger partial charge in [0.25, 0.3) is 0 Å². The fourth-order valence-corrected chi connectivity index (χ4v) is 2.56. The van der Waals surface area contributed by atoms with E-state index in [9.17, 15) is 0 Å². The number of aryl methyl sites for hydroxylation is 2. The molecule has 5 heteroatoms. The number of rotatable bonds is 1. The highest BCUT2D eigenvalue weighted by Crippen LogP contribution is 2.30. The van der Waals surface area contributed by atoms with Crippen molar-refractivity contribution in [2.75, 3.05) is 0 Å². The normalized spacial score (nSPS) is 15.4. The van der Waals surface area contributed by atoms with E-state index in [0.29, 0.717) is 5.82 Å². The van der Waals surface area contributed by atoms with Crippen molar-refractivity contribution in [1.82, 2.24) is 25.6 Å². The fourth-order valence-electron chi connectivity index (χ4n) is 2.56. The van der Waals surface area contributed by atoms with Crippen LogP contribution in [0.5, 0.6) is 0 Å². The maximum absolute atomic E-state index is 4.47. The minimum absolute atomic E-state index is 0.675. The largest absolute Gasteiger partial charge is 0.261 e. The molecule has 1 N–H and O–H groups in total. The standard InChI is InChI=1S/C12H15N5/c1-8-11(12-14-16-17-15-12)10-6-4-2-3-5-9(10)7-13-8/h7H,2-6H2,1H3,(H,14,15,16,17). The van der Waals surface area contributed by atoms with E-state index in [-0.39, 0.29) is 0 Å². The van der Waals surface area contributed by atoms with Crippen LogP contribution in [-0.4, -0.2) is 25.6 Å². The number of hydrogen-bond acceptors (Lipinski definition) is 4. The molecule has 5 nitrogen and oxygen atoms in total. The number of aromatic nitrogens is 5. The molecule has 0 bridgehead atoms. The number of nitrogens with one attached hydrogen (secondary N) is 1. The zero-order valence-corrected chi connectivity index (χ0v) is 9.90. The Morgan fingerprint density at radius 1 is 1.18 bits per heavy atom. The second kappa shape index (κ2) is 4.24. The van der Waals surface area contributed by atoms with E-state index in [1.54, 1.807) is 0 Å². The third kappa shape index (κ3) is 1.81. The van der Waals surface area contributed by atoms with Crippen LogP contribution in [0.25, 0.3) is 11.4 Å². The summed E-state index contributed by atoms with van der Waals surface area (Å²) >= 11 is 0. The average molecular weight is 229 g/mol. The van der Waals surface area contributed by atoms with E-state index in [0.717, 1.165) is 24.1 Å². The Hall–Kier alpha value is -1.78. The van der Waals surface area contributed by atoms with Gasteiger partial charge in [0.2, 0.25) is 5.82 Å². The lowest BCUT2D eigenvalue weighted by Crippen LogP contribution is -2.01. The third-order valence-electron chi connectivity index (χ3n) is 3.41. The molecule has 3 rings (SSSR count). The summed E-state index contributed by atoms with van der Waals surface area (Å²) in [5, 5.41) is 14.4. The average Bonchev–Trinajstić information content (AvgIpc) is 2.74. The summed E-state index contributed by atoms with van der Waals surface area (Å²) in [4.78, 5) is 4.47. The minimum atomic E-state index is 0.675. The first-order valence-electron chi connectivity index (χ1n) is 6.07. The Morgan fingerprint density at radius 2 is 2.06 bits per heavy atom. The van der Waals surface area contributed by atoms with Crippen LogP contribution in [0.3, 0.4) is 0 Å². The van der Waals surface area contributed by atoms with Gasteiger partial charge in [-0.25, -0.2) is 0 Å². The van der Waals surface area contributed by atoms with E-state index in [4.69, 9.17) is 0 Å². The van der Waals surface area contributed by atoms with E-state index in [1.165, 1.54) is 30.4 Å². The Bertz CT molecular complexity index is 518. The summed E-state index contributed by atoms with van der Waals surface area (Å²) in [6, 6.07) is 0. The molecular formula is C12H15N5. The van der Waals surface area contributed by atoms with Gasteiger partial charge in [0.05, 0.1) is 0 Å². The third-order valence-corrected chi connectivity index (χ3v) is 3.41. The molecule has 2 aromatic heterocycles. The lowest BCUT2D eigenvalue weighted by atomic mass is 9.97. The molecule has 0 radical (unpaired) electrons. The van der Waals surface area contributed by atoms with Gasteiger partial charge in [-0.15, -0.1) is 10.2 Å². The Balaban J connectivity index is 2.19. The maximum Gasteiger partial charge on any atom is 0.206 e. The van der Waals surface area contributed by atoms with E-state index in [2.05, 4.69) is 25.6 Å². The molecule has 2 heterocycles. The SMILES string of the molecule is Cc1ncc2c(c1-c1nn[nH]n1)CCCCC2. The second-order valence-electron chi connectivity index (χ2n) is 4.52. The number of fused-ring (bicyclic) bond motifs is 1. The highest BCUT2D eigenvalue weighted by atomic mass is 15.5. The quantitative estimate of drug-likeness (QED) is 0.758. The van der Waals surface area contributed by atoms with Crippen molar-refractivity contribution in [2.45, 2.75) is 39.0 Å². The van der Waals surface area contributed by atoms with Crippen LogP contribution in [0, 0.1) is 6.92 Å². The molecule has 0 spiro atoms. The summed E-state index contributed by atoms with van der Waals surface area (Å²) in [7, 11) is 0. The summed E-state index contributed by atoms with van der Waals surface area (Å²) in [5.74, 6) is 0.675. The van der Waals surface area contributed by atoms with Crippen molar-refractivity contribution < 1.29 is 0 Å². The van der Waals surface area contributed by atoms with Crippen LogP contribution < -0.4 is 0 Å². The molecule has 17 heavy (non-hydrogen) atoms. The molecule has 0 aliphatic heterocycles. The van der Waals surface area contributed by atoms with Crippen LogP contribution in [0.1, 0.15) is 36.1 Å². The van der Waals surface area contributed by atoms with Gasteiger partial charge in [0.1, 0.15) is 0 Å². The van der Waals surface area contributed by atoms with E-state index >= 15 is 0 Å². The van der Waals surface area contributed by atoms with Gasteiger partial charge in [-0.05, 0) is 48.9 Å². The zero-order chi connectivity index (χ0) is 11.7. The minimum Gasteiger partial charge on any atom is -0.261 e. The van der Waals surface area contributed by atoms with E-state index < -0.39 is 0 Å². The molecule has 0 atom stereocenters. The number of aromatic amines is 1. The Morgan fingerprint density at radius 3 is 2.88 bits per heavy atom. The van der Waals surface area contributed by atoms with E-state index in [1.807, 2.05) is 13.1 Å². The molecule has 0 unspecified atom stereocenters. The molecule has 0 aromatic carbocycles. The first-order chi connectivity index (χ1) is 8.36. The molecule has 88 valence electrons. The number of tetrazole rings is 1. The lowest BCUT2D eigenvalue weighted by molar-refractivity contribution is 0.711. The van der Waals surface area contributed by atoms with Gasteiger partial charge in [-0.1, -0.05) is 6.42 Å². The molecule has 0 saturated carbocycles.